The number of ether oxygens (including phenoxy) is 1. The Morgan fingerprint density at radius 3 is 3.20 bits per heavy atom. The monoisotopic (exact) mass is 295 g/mol. The summed E-state index contributed by atoms with van der Waals surface area (Å²) in [5, 5.41) is 8.67. The number of hydrogen-bond donors (Lipinski definition) is 1. The predicted octanol–water partition coefficient (Wildman–Crippen LogP) is 1.88. The lowest BCUT2D eigenvalue weighted by atomic mass is 10.3. The van der Waals surface area contributed by atoms with Crippen LogP contribution in [-0.2, 0) is 16.0 Å². The maximum Gasteiger partial charge on any atom is 0.227 e. The van der Waals surface area contributed by atoms with Gasteiger partial charge in [0, 0.05) is 33.1 Å². The molecule has 0 aliphatic heterocycles. The van der Waals surface area contributed by atoms with Crippen molar-refractivity contribution in [1.29, 1.82) is 0 Å². The van der Waals surface area contributed by atoms with Crippen LogP contribution in [0, 0.1) is 0 Å². The Bertz CT molecular complexity index is 525. The maximum atomic E-state index is 11.6. The number of methoxy groups -OCH3 is 1. The molecular weight excluding hydrogens is 278 g/mol. The fourth-order valence-corrected chi connectivity index (χ4v) is 2.26. The fourth-order valence-electron chi connectivity index (χ4n) is 1.62. The second-order valence-corrected chi connectivity index (χ2v) is 5.13. The van der Waals surface area contributed by atoms with Gasteiger partial charge < -0.3 is 14.6 Å². The number of aryl methyl sites for hydroxylation is 1. The van der Waals surface area contributed by atoms with Crippen molar-refractivity contribution < 1.29 is 14.1 Å². The number of hydrogen-bond acceptors (Lipinski definition) is 6. The van der Waals surface area contributed by atoms with Gasteiger partial charge in [-0.2, -0.15) is 4.98 Å². The molecule has 0 atom stereocenters. The van der Waals surface area contributed by atoms with E-state index in [1.165, 1.54) is 0 Å². The molecule has 2 rings (SSSR count). The van der Waals surface area contributed by atoms with Crippen molar-refractivity contribution in [3.05, 3.63) is 23.4 Å². The zero-order valence-electron chi connectivity index (χ0n) is 11.3. The summed E-state index contributed by atoms with van der Waals surface area (Å²) in [6, 6.07) is 3.87. The molecule has 2 heterocycles. The van der Waals surface area contributed by atoms with Crippen LogP contribution in [0.1, 0.15) is 18.7 Å². The number of carbonyl (C=O) groups is 1. The van der Waals surface area contributed by atoms with E-state index in [1.54, 1.807) is 18.4 Å². The minimum atomic E-state index is -0.0167. The van der Waals surface area contributed by atoms with E-state index in [0.29, 0.717) is 37.7 Å². The van der Waals surface area contributed by atoms with Crippen LogP contribution >= 0.6 is 11.3 Å². The molecule has 0 aromatic carbocycles. The molecular formula is C13H17N3O3S. The molecule has 7 heteroatoms. The highest BCUT2D eigenvalue weighted by molar-refractivity contribution is 7.13. The minimum Gasteiger partial charge on any atom is -0.385 e. The van der Waals surface area contributed by atoms with E-state index < -0.39 is 0 Å². The summed E-state index contributed by atoms with van der Waals surface area (Å²) in [6.07, 6.45) is 1.61. The fraction of sp³-hybridized carbons (Fsp3) is 0.462. The molecule has 0 bridgehead atoms. The van der Waals surface area contributed by atoms with Crippen molar-refractivity contribution in [3.63, 3.8) is 0 Å². The summed E-state index contributed by atoms with van der Waals surface area (Å²) in [6.45, 7) is 1.27. The normalized spacial score (nSPS) is 10.7. The lowest BCUT2D eigenvalue weighted by Gasteiger charge is -2.02. The summed E-state index contributed by atoms with van der Waals surface area (Å²) in [5.41, 5.74) is 0. The van der Waals surface area contributed by atoms with Crippen molar-refractivity contribution in [2.45, 2.75) is 19.3 Å². The van der Waals surface area contributed by atoms with Crippen LogP contribution in [0.2, 0.25) is 0 Å². The first-order valence-electron chi connectivity index (χ1n) is 6.41. The van der Waals surface area contributed by atoms with E-state index in [0.717, 1.165) is 11.3 Å². The van der Waals surface area contributed by atoms with E-state index in [9.17, 15) is 4.79 Å². The van der Waals surface area contributed by atoms with Gasteiger partial charge in [-0.25, -0.2) is 0 Å². The Kier molecular flexibility index (Phi) is 5.69. The SMILES string of the molecule is COCCCNC(=O)CCc1nc(-c2cccs2)no1. The first-order chi connectivity index (χ1) is 9.79. The van der Waals surface area contributed by atoms with Crippen molar-refractivity contribution >= 4 is 17.2 Å². The lowest BCUT2D eigenvalue weighted by Crippen LogP contribution is -2.25. The smallest absolute Gasteiger partial charge is 0.227 e. The summed E-state index contributed by atoms with van der Waals surface area (Å²) < 4.78 is 10.0. The molecule has 6 nitrogen and oxygen atoms in total. The molecule has 0 aliphatic rings. The van der Waals surface area contributed by atoms with Gasteiger partial charge in [-0.1, -0.05) is 11.2 Å². The molecule has 2 aromatic heterocycles. The molecule has 1 amide bonds. The van der Waals surface area contributed by atoms with Crippen molar-refractivity contribution in [1.82, 2.24) is 15.5 Å². The zero-order chi connectivity index (χ0) is 14.2. The zero-order valence-corrected chi connectivity index (χ0v) is 12.1. The molecule has 0 radical (unpaired) electrons. The second-order valence-electron chi connectivity index (χ2n) is 4.19. The third-order valence-electron chi connectivity index (χ3n) is 2.62. The standard InChI is InChI=1S/C13H17N3O3S/c1-18-8-3-7-14-11(17)5-6-12-15-13(16-19-12)10-4-2-9-20-10/h2,4,9H,3,5-8H2,1H3,(H,14,17). The lowest BCUT2D eigenvalue weighted by molar-refractivity contribution is -0.121. The summed E-state index contributed by atoms with van der Waals surface area (Å²) in [7, 11) is 1.64. The van der Waals surface area contributed by atoms with Crippen LogP contribution < -0.4 is 5.32 Å². The highest BCUT2D eigenvalue weighted by Gasteiger charge is 2.10. The molecule has 0 unspecified atom stereocenters. The predicted molar refractivity (Wildman–Crippen MR) is 75.4 cm³/mol. The molecule has 20 heavy (non-hydrogen) atoms. The summed E-state index contributed by atoms with van der Waals surface area (Å²) in [5.74, 6) is 1.05. The molecule has 0 aliphatic carbocycles. The first kappa shape index (κ1) is 14.7. The molecule has 0 fully saturated rings. The van der Waals surface area contributed by atoms with E-state index in [4.69, 9.17) is 9.26 Å². The molecule has 0 saturated carbocycles. The Labute approximate surface area is 121 Å². The number of aromatic nitrogens is 2. The van der Waals surface area contributed by atoms with Gasteiger partial charge in [-0.3, -0.25) is 4.79 Å². The van der Waals surface area contributed by atoms with Gasteiger partial charge in [-0.15, -0.1) is 11.3 Å². The van der Waals surface area contributed by atoms with Crippen LogP contribution in [0.25, 0.3) is 10.7 Å². The van der Waals surface area contributed by atoms with Gasteiger partial charge in [0.1, 0.15) is 0 Å². The highest BCUT2D eigenvalue weighted by atomic mass is 32.1. The molecule has 0 spiro atoms. The van der Waals surface area contributed by atoms with Crippen molar-refractivity contribution in [2.75, 3.05) is 20.3 Å². The Morgan fingerprint density at radius 1 is 1.55 bits per heavy atom. The number of carbonyl (C=O) groups excluding carboxylic acids is 1. The van der Waals surface area contributed by atoms with E-state index in [1.807, 2.05) is 17.5 Å². The second kappa shape index (κ2) is 7.76. The van der Waals surface area contributed by atoms with Gasteiger partial charge in [0.05, 0.1) is 4.88 Å². The largest absolute Gasteiger partial charge is 0.385 e. The Balaban J connectivity index is 1.73. The van der Waals surface area contributed by atoms with E-state index >= 15 is 0 Å². The third-order valence-corrected chi connectivity index (χ3v) is 3.49. The topological polar surface area (TPSA) is 77.2 Å². The van der Waals surface area contributed by atoms with Gasteiger partial charge in [-0.05, 0) is 17.9 Å². The van der Waals surface area contributed by atoms with Crippen LogP contribution in [0.15, 0.2) is 22.0 Å². The van der Waals surface area contributed by atoms with Crippen molar-refractivity contribution in [3.8, 4) is 10.7 Å². The average Bonchev–Trinajstić information content (AvgIpc) is 3.11. The Hall–Kier alpha value is -1.73. The molecule has 0 saturated heterocycles. The number of nitrogens with zero attached hydrogens (tertiary/aromatic N) is 2. The Morgan fingerprint density at radius 2 is 2.45 bits per heavy atom. The van der Waals surface area contributed by atoms with E-state index in [2.05, 4.69) is 15.5 Å². The third kappa shape index (κ3) is 4.43. The van der Waals surface area contributed by atoms with Crippen molar-refractivity contribution in [2.24, 2.45) is 0 Å². The number of nitrogens with one attached hydrogen (secondary N) is 1. The van der Waals surface area contributed by atoms with Crippen LogP contribution in [0.3, 0.4) is 0 Å². The number of thiophene rings is 1. The highest BCUT2D eigenvalue weighted by Crippen LogP contribution is 2.21. The van der Waals surface area contributed by atoms with Crippen LogP contribution in [0.4, 0.5) is 0 Å². The molecule has 1 N–H and O–H groups in total. The minimum absolute atomic E-state index is 0.0167. The average molecular weight is 295 g/mol. The summed E-state index contributed by atoms with van der Waals surface area (Å²) in [4.78, 5) is 16.8. The number of rotatable bonds is 8. The van der Waals surface area contributed by atoms with Gasteiger partial charge in [0.25, 0.3) is 0 Å². The number of amides is 1. The van der Waals surface area contributed by atoms with Gasteiger partial charge in [0.2, 0.25) is 17.6 Å². The quantitative estimate of drug-likeness (QED) is 0.752. The first-order valence-corrected chi connectivity index (χ1v) is 7.29. The van der Waals surface area contributed by atoms with E-state index in [-0.39, 0.29) is 5.91 Å². The van der Waals surface area contributed by atoms with Gasteiger partial charge >= 0.3 is 0 Å². The maximum absolute atomic E-state index is 11.6. The van der Waals surface area contributed by atoms with Crippen LogP contribution in [-0.4, -0.2) is 36.3 Å². The molecule has 2 aromatic rings. The van der Waals surface area contributed by atoms with Crippen LogP contribution in [0.5, 0.6) is 0 Å². The summed E-state index contributed by atoms with van der Waals surface area (Å²) >= 11 is 1.55. The molecule has 108 valence electrons. The van der Waals surface area contributed by atoms with Gasteiger partial charge in [0.15, 0.2) is 0 Å².